The predicted octanol–water partition coefficient (Wildman–Crippen LogP) is 2.82. The van der Waals surface area contributed by atoms with Gasteiger partial charge in [-0.3, -0.25) is 14.6 Å². The van der Waals surface area contributed by atoms with Crippen LogP contribution in [0.4, 0.5) is 0 Å². The molecular formula is C19H16BrN3O2. The van der Waals surface area contributed by atoms with Crippen LogP contribution in [0.1, 0.15) is 15.9 Å². The Balaban J connectivity index is 1.77. The molecule has 0 aliphatic heterocycles. The first kappa shape index (κ1) is 17.1. The number of nitrogens with zero attached hydrogens (tertiary/aromatic N) is 1. The molecule has 126 valence electrons. The molecule has 6 heteroatoms. The van der Waals surface area contributed by atoms with Gasteiger partial charge in [0.15, 0.2) is 0 Å². The molecule has 0 aliphatic carbocycles. The highest BCUT2D eigenvalue weighted by molar-refractivity contribution is 9.10. The second-order valence-electron chi connectivity index (χ2n) is 5.68. The molecule has 0 aliphatic rings. The standard InChI is InChI=1S/C19H16BrN3O2/c20-15-7-5-12(6-8-15)9-17(18(21)24)23-19(25)14-10-13-3-1-2-4-16(13)22-11-14/h1-8,10-11,17H,9H2,(H2,21,24)(H,23,25)/t17-/m0/s1. The molecule has 0 radical (unpaired) electrons. The van der Waals surface area contributed by atoms with E-state index in [9.17, 15) is 9.59 Å². The minimum Gasteiger partial charge on any atom is -0.368 e. The lowest BCUT2D eigenvalue weighted by atomic mass is 10.0. The zero-order valence-electron chi connectivity index (χ0n) is 13.3. The summed E-state index contributed by atoms with van der Waals surface area (Å²) in [5.74, 6) is -0.954. The van der Waals surface area contributed by atoms with Crippen molar-refractivity contribution < 1.29 is 9.59 Å². The van der Waals surface area contributed by atoms with Crippen LogP contribution in [-0.4, -0.2) is 22.8 Å². The van der Waals surface area contributed by atoms with Gasteiger partial charge in [0.2, 0.25) is 5.91 Å². The van der Waals surface area contributed by atoms with E-state index in [2.05, 4.69) is 26.2 Å². The van der Waals surface area contributed by atoms with Crippen molar-refractivity contribution in [2.45, 2.75) is 12.5 Å². The van der Waals surface area contributed by atoms with Gasteiger partial charge in [-0.05, 0) is 29.8 Å². The Labute approximate surface area is 153 Å². The van der Waals surface area contributed by atoms with E-state index in [-0.39, 0.29) is 5.91 Å². The summed E-state index contributed by atoms with van der Waals surface area (Å²) < 4.78 is 0.943. The van der Waals surface area contributed by atoms with Gasteiger partial charge in [0.05, 0.1) is 11.1 Å². The maximum absolute atomic E-state index is 12.5. The van der Waals surface area contributed by atoms with Gasteiger partial charge in [-0.2, -0.15) is 0 Å². The monoisotopic (exact) mass is 397 g/mol. The Morgan fingerprint density at radius 2 is 1.84 bits per heavy atom. The molecular weight excluding hydrogens is 382 g/mol. The number of pyridine rings is 1. The van der Waals surface area contributed by atoms with E-state index < -0.39 is 11.9 Å². The maximum Gasteiger partial charge on any atom is 0.253 e. The van der Waals surface area contributed by atoms with Crippen LogP contribution in [0.2, 0.25) is 0 Å². The summed E-state index contributed by atoms with van der Waals surface area (Å²) in [5.41, 5.74) is 7.55. The van der Waals surface area contributed by atoms with Gasteiger partial charge < -0.3 is 11.1 Å². The number of nitrogens with two attached hydrogens (primary N) is 1. The van der Waals surface area contributed by atoms with Crippen LogP contribution in [0.3, 0.4) is 0 Å². The third-order valence-corrected chi connectivity index (χ3v) is 4.38. The molecule has 25 heavy (non-hydrogen) atoms. The summed E-state index contributed by atoms with van der Waals surface area (Å²) in [4.78, 5) is 28.5. The molecule has 0 fully saturated rings. The summed E-state index contributed by atoms with van der Waals surface area (Å²) in [5, 5.41) is 3.56. The zero-order chi connectivity index (χ0) is 17.8. The Bertz CT molecular complexity index is 925. The first-order chi connectivity index (χ1) is 12.0. The number of aromatic nitrogens is 1. The number of fused-ring (bicyclic) bond motifs is 1. The largest absolute Gasteiger partial charge is 0.368 e. The lowest BCUT2D eigenvalue weighted by Crippen LogP contribution is -2.45. The number of carbonyl (C=O) groups excluding carboxylic acids is 2. The van der Waals surface area contributed by atoms with Gasteiger partial charge in [-0.15, -0.1) is 0 Å². The average Bonchev–Trinajstić information content (AvgIpc) is 2.62. The van der Waals surface area contributed by atoms with Crippen molar-refractivity contribution in [3.8, 4) is 0 Å². The maximum atomic E-state index is 12.5. The number of primary amides is 1. The number of hydrogen-bond acceptors (Lipinski definition) is 3. The molecule has 3 aromatic rings. The minimum absolute atomic E-state index is 0.329. The van der Waals surface area contributed by atoms with Crippen molar-refractivity contribution in [2.24, 2.45) is 5.73 Å². The lowest BCUT2D eigenvalue weighted by Gasteiger charge is -2.16. The summed E-state index contributed by atoms with van der Waals surface area (Å²) in [6.07, 6.45) is 1.82. The minimum atomic E-state index is -0.792. The van der Waals surface area contributed by atoms with Crippen LogP contribution in [0, 0.1) is 0 Å². The van der Waals surface area contributed by atoms with Crippen LogP contribution in [0.15, 0.2) is 65.3 Å². The predicted molar refractivity (Wildman–Crippen MR) is 100 cm³/mol. The zero-order valence-corrected chi connectivity index (χ0v) is 14.9. The molecule has 5 nitrogen and oxygen atoms in total. The first-order valence-corrected chi connectivity index (χ1v) is 8.51. The van der Waals surface area contributed by atoms with Crippen molar-refractivity contribution in [1.82, 2.24) is 10.3 Å². The molecule has 0 unspecified atom stereocenters. The molecule has 1 atom stereocenters. The highest BCUT2D eigenvalue weighted by Gasteiger charge is 2.20. The molecule has 3 N–H and O–H groups in total. The van der Waals surface area contributed by atoms with Gasteiger partial charge in [-0.1, -0.05) is 46.3 Å². The number of rotatable bonds is 5. The van der Waals surface area contributed by atoms with Gasteiger partial charge in [-0.25, -0.2) is 0 Å². The number of halogens is 1. The van der Waals surface area contributed by atoms with Gasteiger partial charge >= 0.3 is 0 Å². The fourth-order valence-corrected chi connectivity index (χ4v) is 2.78. The third kappa shape index (κ3) is 4.22. The van der Waals surface area contributed by atoms with E-state index in [1.54, 1.807) is 6.07 Å². The van der Waals surface area contributed by atoms with Crippen LogP contribution < -0.4 is 11.1 Å². The number of amides is 2. The van der Waals surface area contributed by atoms with Crippen molar-refractivity contribution in [2.75, 3.05) is 0 Å². The second-order valence-corrected chi connectivity index (χ2v) is 6.59. The van der Waals surface area contributed by atoms with E-state index in [1.807, 2.05) is 48.5 Å². The Kier molecular flexibility index (Phi) is 5.09. The quantitative estimate of drug-likeness (QED) is 0.693. The first-order valence-electron chi connectivity index (χ1n) is 7.72. The number of para-hydroxylation sites is 1. The number of carbonyl (C=O) groups is 2. The van der Waals surface area contributed by atoms with Gasteiger partial charge in [0, 0.05) is 22.5 Å². The van der Waals surface area contributed by atoms with Crippen LogP contribution >= 0.6 is 15.9 Å². The highest BCUT2D eigenvalue weighted by atomic mass is 79.9. The number of benzene rings is 2. The van der Waals surface area contributed by atoms with Crippen molar-refractivity contribution >= 4 is 38.6 Å². The lowest BCUT2D eigenvalue weighted by molar-refractivity contribution is -0.119. The van der Waals surface area contributed by atoms with Crippen molar-refractivity contribution in [3.05, 3.63) is 76.4 Å². The Morgan fingerprint density at radius 1 is 1.12 bits per heavy atom. The molecule has 3 rings (SSSR count). The smallest absolute Gasteiger partial charge is 0.253 e. The Morgan fingerprint density at radius 3 is 2.56 bits per heavy atom. The van der Waals surface area contributed by atoms with Crippen LogP contribution in [-0.2, 0) is 11.2 Å². The van der Waals surface area contributed by atoms with Crippen molar-refractivity contribution in [1.29, 1.82) is 0 Å². The van der Waals surface area contributed by atoms with Crippen LogP contribution in [0.25, 0.3) is 10.9 Å². The summed E-state index contributed by atoms with van der Waals surface area (Å²) >= 11 is 3.36. The molecule has 0 spiro atoms. The second kappa shape index (κ2) is 7.44. The van der Waals surface area contributed by atoms with E-state index in [0.29, 0.717) is 12.0 Å². The number of nitrogens with one attached hydrogen (secondary N) is 1. The number of hydrogen-bond donors (Lipinski definition) is 2. The fraction of sp³-hybridized carbons (Fsp3) is 0.105. The van der Waals surface area contributed by atoms with E-state index >= 15 is 0 Å². The van der Waals surface area contributed by atoms with E-state index in [0.717, 1.165) is 20.9 Å². The normalized spacial score (nSPS) is 11.9. The fourth-order valence-electron chi connectivity index (χ4n) is 2.52. The van der Waals surface area contributed by atoms with Crippen molar-refractivity contribution in [3.63, 3.8) is 0 Å². The summed E-state index contributed by atoms with van der Waals surface area (Å²) in [6.45, 7) is 0. The molecule has 0 saturated carbocycles. The van der Waals surface area contributed by atoms with E-state index in [4.69, 9.17) is 5.73 Å². The molecule has 0 saturated heterocycles. The van der Waals surface area contributed by atoms with Gasteiger partial charge in [0.1, 0.15) is 6.04 Å². The molecule has 1 heterocycles. The highest BCUT2D eigenvalue weighted by Crippen LogP contribution is 2.14. The molecule has 1 aromatic heterocycles. The van der Waals surface area contributed by atoms with Crippen LogP contribution in [0.5, 0.6) is 0 Å². The topological polar surface area (TPSA) is 85.1 Å². The van der Waals surface area contributed by atoms with Gasteiger partial charge in [0.25, 0.3) is 5.91 Å². The average molecular weight is 398 g/mol. The SMILES string of the molecule is NC(=O)[C@H](Cc1ccc(Br)cc1)NC(=O)c1cnc2ccccc2c1. The third-order valence-electron chi connectivity index (χ3n) is 3.85. The molecule has 0 bridgehead atoms. The van der Waals surface area contributed by atoms with E-state index in [1.165, 1.54) is 6.20 Å². The summed E-state index contributed by atoms with van der Waals surface area (Å²) in [7, 11) is 0. The summed E-state index contributed by atoms with van der Waals surface area (Å²) in [6, 6.07) is 16.0. The molecule has 2 aromatic carbocycles. The Hall–Kier alpha value is -2.73. The molecule has 2 amide bonds.